The van der Waals surface area contributed by atoms with E-state index in [1.165, 1.54) is 206 Å². The van der Waals surface area contributed by atoms with Crippen LogP contribution in [-0.2, 0) is 9.47 Å². The standard InChI is InChI=1S/C11H22.C10H18O.C9H17N.C9H18O.2C9H18.2C9H20.C8H15F3.C8H18O.C8H16.C8H18.C7H14O.C7H16.C6H13F.C6H14.C5H12O/c1-9(2)10-5-7-11(3,4)8-6-10;1-7(2)8-3-10(4-8)5-9(11)6-10;1-7(2)6-9(4-5-9)8(3)10;1-7(2)8-3-5-9(10)6-4-8;1-7(2)4-9-5-8(3)6-9;1-8(2)7-9(3)5-4-6-9;1-8(2)6-7-9(3,4)5;1-6-9(4,5)7-8(2)3;1-6(2)4-5-7(3)8(9,10)11;1-7(2)9-6-8(3,4)5;1-7(2)6-8(3)4-5-8;1-7(2)6-8(3,4)5;1-5(2)6-3-7(8)4-6;1-4-5-6-7(2)3;1-5(2)4-6(3)7;1-4-5-6(2)3;1-4-6-5(2)3/h9-10H,5-8H2,1-4H3;7-9,11H,3-6H2,1-2H3;7H,3-6,10H2,1-2H3;7-10H,3-6H2,1-2H3;7-9H,4-6H2,1-3H3;8H,4-7H2,1-3H3;2*8H,6-7H2,1-5H3;6-7H,4-5H2,1-3H3;7H,6H2,1-5H3;7H,4-6H2,1-3H3;7H,6H2,1-5H3;5-8H,3-4H2,1-2H3;7H,4-6H2,1-3H3;5-6H,4H2,1-3H3;6H,4-5H2,1-3H3;5H,4H2,1-3H3. The van der Waals surface area contributed by atoms with Crippen LogP contribution in [0.5, 0.6) is 0 Å². The summed E-state index contributed by atoms with van der Waals surface area (Å²) in [6.07, 6.45) is 47.2. The SMILES string of the molecule is C=C(N)C1(CC(C)C)CC1.CC(C)C1CC(O)C1.CC(C)C1CC2(CC(O)C2)C1.CC(C)C1CCC(C)(C)CC1.CC(C)C1CCC(O)CC1.CC(C)CC(C)(C)C.CC(C)CC(C)F.CC(C)CC1(C)CC1.CC(C)CC1(C)CCC1.CC(C)CC1CC(C)C1.CC(C)CCC(C)(C)C.CC(C)CCC(C)C(F)(F)F.CC(C)OCC(C)(C)C.CCC(C)(C)CC(C)C.CCCC(C)C.CCCCC(C)C.CCOC(C)C. The lowest BCUT2D eigenvalue weighted by atomic mass is 9.49. The molecule has 0 aromatic rings. The van der Waals surface area contributed by atoms with Gasteiger partial charge in [-0.1, -0.05) is 411 Å². The van der Waals surface area contributed by atoms with Gasteiger partial charge < -0.3 is 30.5 Å². The minimum atomic E-state index is -4.01. The van der Waals surface area contributed by atoms with E-state index in [1.807, 2.05) is 48.5 Å². The number of aliphatic hydroxyl groups excluding tert-OH is 3. The first kappa shape index (κ1) is 162. The first-order valence-electron chi connectivity index (χ1n) is 63.4. The number of hydrogen-bond acceptors (Lipinski definition) is 6. The number of alkyl halides is 4. The highest BCUT2D eigenvalue weighted by Crippen LogP contribution is 2.61. The van der Waals surface area contributed by atoms with Crippen LogP contribution in [0.4, 0.5) is 17.6 Å². The molecule has 0 saturated heterocycles. The quantitative estimate of drug-likeness (QED) is 0.0488. The van der Waals surface area contributed by atoms with Crippen LogP contribution in [0.2, 0.25) is 0 Å². The van der Waals surface area contributed by atoms with E-state index >= 15 is 0 Å². The second-order valence-corrected chi connectivity index (χ2v) is 62.0. The van der Waals surface area contributed by atoms with Gasteiger partial charge in [0, 0.05) is 17.7 Å². The molecule has 9 rings (SSSR count). The smallest absolute Gasteiger partial charge is 0.391 e. The molecule has 5 N–H and O–H groups in total. The number of halogens is 4. The summed E-state index contributed by atoms with van der Waals surface area (Å²) in [5.41, 5.74) is 11.7. The second kappa shape index (κ2) is 85.1. The molecule has 2 unspecified atom stereocenters. The van der Waals surface area contributed by atoms with Crippen LogP contribution in [0, 0.1) is 179 Å². The first-order valence-corrected chi connectivity index (χ1v) is 63.4. The van der Waals surface area contributed by atoms with Gasteiger partial charge in [-0.15, -0.1) is 0 Å². The van der Waals surface area contributed by atoms with Gasteiger partial charge in [0.15, 0.2) is 0 Å². The van der Waals surface area contributed by atoms with Crippen molar-refractivity contribution in [2.75, 3.05) is 13.2 Å². The normalized spacial score (nSPS) is 22.4. The van der Waals surface area contributed by atoms with Crippen molar-refractivity contribution in [3.63, 3.8) is 0 Å². The van der Waals surface area contributed by atoms with E-state index < -0.39 is 18.3 Å². The van der Waals surface area contributed by atoms with Gasteiger partial charge in [0.25, 0.3) is 0 Å². The van der Waals surface area contributed by atoms with E-state index in [2.05, 4.69) is 332 Å². The van der Waals surface area contributed by atoms with Gasteiger partial charge in [0.1, 0.15) is 0 Å². The maximum Gasteiger partial charge on any atom is 0.391 e. The van der Waals surface area contributed by atoms with Gasteiger partial charge >= 0.3 is 6.18 Å². The van der Waals surface area contributed by atoms with Gasteiger partial charge in [-0.2, -0.15) is 13.2 Å². The van der Waals surface area contributed by atoms with Crippen molar-refractivity contribution in [2.24, 2.45) is 185 Å². The third-order valence-electron chi connectivity index (χ3n) is 31.1. The molecule has 0 radical (unpaired) electrons. The number of aliphatic hydroxyl groups is 3. The lowest BCUT2D eigenvalue weighted by Gasteiger charge is -2.57. The van der Waals surface area contributed by atoms with Crippen molar-refractivity contribution in [1.29, 1.82) is 0 Å². The van der Waals surface area contributed by atoms with Crippen molar-refractivity contribution in [3.05, 3.63) is 12.3 Å². The largest absolute Gasteiger partial charge is 0.402 e. The molecule has 148 heavy (non-hydrogen) atoms. The van der Waals surface area contributed by atoms with Crippen LogP contribution in [0.3, 0.4) is 0 Å². The molecule has 6 nitrogen and oxygen atoms in total. The Morgan fingerprint density at radius 3 is 0.959 bits per heavy atom. The number of hydrogen-bond donors (Lipinski definition) is 4. The van der Waals surface area contributed by atoms with Crippen LogP contribution in [-0.4, -0.2) is 71.4 Å². The van der Waals surface area contributed by atoms with Crippen LogP contribution in [0.1, 0.15) is 645 Å². The molecule has 1 spiro atoms. The molecule has 0 aromatic carbocycles. The lowest BCUT2D eigenvalue weighted by Crippen LogP contribution is -2.51. The van der Waals surface area contributed by atoms with Crippen LogP contribution in [0.25, 0.3) is 0 Å². The minimum Gasteiger partial charge on any atom is -0.402 e. The summed E-state index contributed by atoms with van der Waals surface area (Å²) in [5, 5.41) is 27.2. The van der Waals surface area contributed by atoms with Crippen molar-refractivity contribution >= 4 is 0 Å². The zero-order valence-corrected chi connectivity index (χ0v) is 112. The number of rotatable bonds is 33. The lowest BCUT2D eigenvalue weighted by molar-refractivity contribution is -0.171. The highest BCUT2D eigenvalue weighted by molar-refractivity contribution is 5.15. The topological polar surface area (TPSA) is 105 Å². The van der Waals surface area contributed by atoms with E-state index in [4.69, 9.17) is 20.3 Å². The Labute approximate surface area is 934 Å². The predicted octanol–water partition coefficient (Wildman–Crippen LogP) is 46.3. The molecule has 0 bridgehead atoms. The Hall–Kier alpha value is -0.940. The molecule has 9 saturated carbocycles. The fourth-order valence-corrected chi connectivity index (χ4v) is 21.3. The molecule has 0 aromatic heterocycles. The Kier molecular flexibility index (Phi) is 93.3. The van der Waals surface area contributed by atoms with Gasteiger partial charge in [-0.3, -0.25) is 0 Å². The second-order valence-electron chi connectivity index (χ2n) is 62.0. The summed E-state index contributed by atoms with van der Waals surface area (Å²) in [5.74, 6) is 16.7. The van der Waals surface area contributed by atoms with E-state index in [1.54, 1.807) is 6.92 Å². The Morgan fingerprint density at radius 2 is 0.784 bits per heavy atom. The summed E-state index contributed by atoms with van der Waals surface area (Å²) >= 11 is 0. The average Bonchev–Trinajstić information content (AvgIpc) is 1.53. The summed E-state index contributed by atoms with van der Waals surface area (Å²) in [7, 11) is 0. The molecule has 9 fully saturated rings. The predicted molar refractivity (Wildman–Crippen MR) is 663 cm³/mol. The summed E-state index contributed by atoms with van der Waals surface area (Å²) in [6, 6.07) is 0. The highest BCUT2D eigenvalue weighted by Gasteiger charge is 2.53. The molecule has 0 heterocycles. The molecule has 9 aliphatic carbocycles. The zero-order valence-electron chi connectivity index (χ0n) is 112. The number of nitrogens with two attached hydrogens (primary N) is 1. The fraction of sp³-hybridized carbons (Fsp3) is 0.986. The summed E-state index contributed by atoms with van der Waals surface area (Å²) in [4.78, 5) is 0. The van der Waals surface area contributed by atoms with Crippen molar-refractivity contribution in [2.45, 2.75) is 687 Å². The number of unbranched alkanes of at least 4 members (excludes halogenated alkanes) is 1. The van der Waals surface area contributed by atoms with E-state index in [0.717, 1.165) is 181 Å². The van der Waals surface area contributed by atoms with Crippen LogP contribution >= 0.6 is 0 Å². The molecule has 0 aliphatic heterocycles. The van der Waals surface area contributed by atoms with E-state index in [9.17, 15) is 27.8 Å². The van der Waals surface area contributed by atoms with Crippen molar-refractivity contribution in [1.82, 2.24) is 0 Å². The molecule has 10 heteroatoms. The molecule has 0 amide bonds. The van der Waals surface area contributed by atoms with E-state index in [-0.39, 0.29) is 24.7 Å². The molecular formula is C138H287F4NO5. The maximum atomic E-state index is 12.0. The first-order chi connectivity index (χ1) is 67.0. The molecule has 902 valence electrons. The molecular weight excluding hydrogens is 1830 g/mol. The highest BCUT2D eigenvalue weighted by atomic mass is 19.4. The van der Waals surface area contributed by atoms with Crippen LogP contribution in [0.15, 0.2) is 12.3 Å². The van der Waals surface area contributed by atoms with Crippen molar-refractivity contribution < 1.29 is 42.4 Å². The van der Waals surface area contributed by atoms with Gasteiger partial charge in [0.2, 0.25) is 0 Å². The third-order valence-corrected chi connectivity index (χ3v) is 31.1. The summed E-state index contributed by atoms with van der Waals surface area (Å²) in [6.45, 7) is 130. The van der Waals surface area contributed by atoms with E-state index in [0.29, 0.717) is 74.8 Å². The monoisotopic (exact) mass is 2120 g/mol. The average molecular weight is 2120 g/mol. The van der Waals surface area contributed by atoms with Crippen molar-refractivity contribution in [3.8, 4) is 0 Å². The van der Waals surface area contributed by atoms with Crippen LogP contribution < -0.4 is 5.73 Å². The third kappa shape index (κ3) is 109. The summed E-state index contributed by atoms with van der Waals surface area (Å²) < 4.78 is 58.1. The number of ether oxygens (including phenoxy) is 2. The minimum absolute atomic E-state index is 0.00926. The maximum absolute atomic E-state index is 12.0. The Bertz CT molecular complexity index is 2800. The fourth-order valence-electron chi connectivity index (χ4n) is 21.3. The Morgan fingerprint density at radius 1 is 0.385 bits per heavy atom. The van der Waals surface area contributed by atoms with Gasteiger partial charge in [-0.05, 0) is 408 Å². The van der Waals surface area contributed by atoms with Gasteiger partial charge in [-0.25, -0.2) is 4.39 Å². The molecule has 2 atom stereocenters. The zero-order chi connectivity index (χ0) is 118. The molecule has 9 aliphatic rings. The number of allylic oxidation sites excluding steroid dienone is 1. The van der Waals surface area contributed by atoms with Gasteiger partial charge in [0.05, 0.1) is 49.2 Å². The Balaban J connectivity index is -0.000000235.